The van der Waals surface area contributed by atoms with Crippen LogP contribution in [-0.4, -0.2) is 15.7 Å². The first-order valence-electron chi connectivity index (χ1n) is 15.9. The molecule has 0 aliphatic heterocycles. The van der Waals surface area contributed by atoms with Gasteiger partial charge >= 0.3 is 17.1 Å². The summed E-state index contributed by atoms with van der Waals surface area (Å²) in [6.45, 7) is 22.0. The van der Waals surface area contributed by atoms with Gasteiger partial charge in [-0.25, -0.2) is 23.7 Å². The van der Waals surface area contributed by atoms with Crippen LogP contribution >= 0.6 is 0 Å². The number of nitrogens with zero attached hydrogens (tertiary/aromatic N) is 3. The molecule has 0 radical (unpaired) electrons. The van der Waals surface area contributed by atoms with E-state index in [1.165, 1.54) is 49.5 Å². The van der Waals surface area contributed by atoms with Crippen LogP contribution in [0.4, 0.5) is 0 Å². The smallest absolute Gasteiger partial charge is 0.375 e. The predicted octanol–water partition coefficient (Wildman–Crippen LogP) is 8.49. The van der Waals surface area contributed by atoms with Crippen molar-refractivity contribution >= 4 is 0 Å². The highest BCUT2D eigenvalue weighted by Crippen LogP contribution is 2.23. The van der Waals surface area contributed by atoms with Crippen molar-refractivity contribution in [2.45, 2.75) is 172 Å². The molecule has 0 amide bonds. The maximum atomic E-state index is 13.4. The van der Waals surface area contributed by atoms with Crippen molar-refractivity contribution < 1.29 is 4.42 Å². The molecule has 0 unspecified atom stereocenters. The first-order valence-corrected chi connectivity index (χ1v) is 15.9. The van der Waals surface area contributed by atoms with Crippen molar-refractivity contribution in [1.29, 1.82) is 0 Å². The number of hydrogen-bond acceptors (Lipinski definition) is 4. The van der Waals surface area contributed by atoms with Crippen LogP contribution in [0.1, 0.15) is 159 Å². The molecule has 0 aliphatic carbocycles. The molecule has 0 bridgehead atoms. The minimum Gasteiger partial charge on any atom is -0.375 e. The van der Waals surface area contributed by atoms with Gasteiger partial charge in [0.25, 0.3) is 0 Å². The highest BCUT2D eigenvalue weighted by Gasteiger charge is 2.13. The molecule has 0 atom stereocenters. The highest BCUT2D eigenvalue weighted by atomic mass is 16.4. The van der Waals surface area contributed by atoms with Crippen molar-refractivity contribution in [3.63, 3.8) is 0 Å². The number of aromatic nitrogens is 2. The summed E-state index contributed by atoms with van der Waals surface area (Å²) < 4.78 is 8.54. The monoisotopic (exact) mass is 549 g/mol. The molecule has 1 rings (SSSR count). The summed E-state index contributed by atoms with van der Waals surface area (Å²) in [6.07, 6.45) is 16.5. The topological polar surface area (TPSA) is 69.5 Å². The van der Waals surface area contributed by atoms with Crippen molar-refractivity contribution in [2.24, 2.45) is 21.2 Å². The minimum absolute atomic E-state index is 0.204. The molecular weight excluding hydrogens is 486 g/mol. The molecule has 0 aromatic carbocycles. The maximum absolute atomic E-state index is 13.4. The average molecular weight is 550 g/mol. The SMILES string of the molecule is CC(C)(C)CCCCCCN=c1oc(=O)n(CCCCCCC(C)(C)C)c(=O)n1CCCCCCC(C)(C)C. The molecule has 6 heteroatoms. The van der Waals surface area contributed by atoms with Gasteiger partial charge in [0.1, 0.15) is 0 Å². The molecular formula is C33H63N3O3. The van der Waals surface area contributed by atoms with Gasteiger partial charge in [-0.15, -0.1) is 0 Å². The molecule has 0 N–H and O–H groups in total. The summed E-state index contributed by atoms with van der Waals surface area (Å²) in [5.74, 6) is -0.569. The molecule has 0 fully saturated rings. The molecule has 1 aromatic rings. The summed E-state index contributed by atoms with van der Waals surface area (Å²) >= 11 is 0. The summed E-state index contributed by atoms with van der Waals surface area (Å²) in [5, 5.41) is 0. The Morgan fingerprint density at radius 3 is 1.36 bits per heavy atom. The lowest BCUT2D eigenvalue weighted by Crippen LogP contribution is -2.47. The first-order chi connectivity index (χ1) is 18.1. The Morgan fingerprint density at radius 2 is 0.923 bits per heavy atom. The van der Waals surface area contributed by atoms with Gasteiger partial charge in [0.05, 0.1) is 0 Å². The fourth-order valence-corrected chi connectivity index (χ4v) is 4.84. The van der Waals surface area contributed by atoms with Gasteiger partial charge in [-0.2, -0.15) is 0 Å². The minimum atomic E-state index is -0.569. The van der Waals surface area contributed by atoms with Crippen LogP contribution in [0.3, 0.4) is 0 Å². The second-order valence-corrected chi connectivity index (χ2v) is 15.3. The zero-order valence-corrected chi connectivity index (χ0v) is 27.3. The molecule has 6 nitrogen and oxygen atoms in total. The first kappa shape index (κ1) is 35.4. The van der Waals surface area contributed by atoms with Gasteiger partial charge in [0.15, 0.2) is 0 Å². The van der Waals surface area contributed by atoms with Crippen molar-refractivity contribution in [2.75, 3.05) is 6.54 Å². The van der Waals surface area contributed by atoms with E-state index in [4.69, 9.17) is 4.42 Å². The lowest BCUT2D eigenvalue weighted by Gasteiger charge is -2.17. The number of hydrogen-bond donors (Lipinski definition) is 0. The zero-order chi connectivity index (χ0) is 29.5. The predicted molar refractivity (Wildman–Crippen MR) is 165 cm³/mol. The maximum Gasteiger partial charge on any atom is 0.425 e. The molecule has 1 aromatic heterocycles. The van der Waals surface area contributed by atoms with E-state index in [1.807, 2.05) is 0 Å². The van der Waals surface area contributed by atoms with Crippen LogP contribution in [0, 0.1) is 16.2 Å². The van der Waals surface area contributed by atoms with Crippen LogP contribution in [0.25, 0.3) is 0 Å². The molecule has 1 heterocycles. The summed E-state index contributed by atoms with van der Waals surface area (Å²) in [4.78, 5) is 30.7. The van der Waals surface area contributed by atoms with Gasteiger partial charge < -0.3 is 4.42 Å². The Bertz CT molecular complexity index is 978. The lowest BCUT2D eigenvalue weighted by atomic mass is 9.89. The molecule has 0 spiro atoms. The van der Waals surface area contributed by atoms with Crippen LogP contribution in [0.15, 0.2) is 19.0 Å². The molecule has 0 aliphatic rings. The van der Waals surface area contributed by atoms with E-state index in [2.05, 4.69) is 67.3 Å². The van der Waals surface area contributed by atoms with Gasteiger partial charge in [0, 0.05) is 19.6 Å². The molecule has 228 valence electrons. The van der Waals surface area contributed by atoms with E-state index < -0.39 is 5.76 Å². The Labute approximate surface area is 239 Å². The number of unbranched alkanes of at least 4 members (excludes halogenated alkanes) is 9. The third-order valence-corrected chi connectivity index (χ3v) is 7.29. The Balaban J connectivity index is 2.82. The van der Waals surface area contributed by atoms with Crippen LogP contribution in [-0.2, 0) is 13.1 Å². The van der Waals surface area contributed by atoms with Gasteiger partial charge in [-0.1, -0.05) is 120 Å². The van der Waals surface area contributed by atoms with E-state index in [-0.39, 0.29) is 11.4 Å². The third kappa shape index (κ3) is 17.7. The van der Waals surface area contributed by atoms with Gasteiger partial charge in [0.2, 0.25) is 0 Å². The largest absolute Gasteiger partial charge is 0.425 e. The Kier molecular flexibility index (Phi) is 15.7. The van der Waals surface area contributed by atoms with Crippen LogP contribution < -0.4 is 17.1 Å². The summed E-state index contributed by atoms with van der Waals surface area (Å²) in [7, 11) is 0. The molecule has 0 saturated heterocycles. The molecule has 0 saturated carbocycles. The Morgan fingerprint density at radius 1 is 0.538 bits per heavy atom. The zero-order valence-electron chi connectivity index (χ0n) is 27.3. The summed E-state index contributed by atoms with van der Waals surface area (Å²) in [5.41, 5.74) is 1.02. The van der Waals surface area contributed by atoms with E-state index >= 15 is 0 Å². The Hall–Kier alpha value is -1.59. The second-order valence-electron chi connectivity index (χ2n) is 15.3. The second kappa shape index (κ2) is 17.3. The standard InChI is InChI=1S/C33H63N3O3/c1-31(2,3)22-16-10-13-19-25-34-28-35(26-20-14-11-17-23-32(4,5)6)29(37)36(30(38)39-28)27-21-15-12-18-24-33(7,8)9/h10-27H2,1-9H3. The quantitative estimate of drug-likeness (QED) is 0.172. The fourth-order valence-electron chi connectivity index (χ4n) is 4.84. The third-order valence-electron chi connectivity index (χ3n) is 7.29. The van der Waals surface area contributed by atoms with Gasteiger partial charge in [-0.05, 0) is 54.8 Å². The van der Waals surface area contributed by atoms with Crippen molar-refractivity contribution in [3.05, 3.63) is 26.7 Å². The van der Waals surface area contributed by atoms with E-state index in [9.17, 15) is 9.59 Å². The average Bonchev–Trinajstić information content (AvgIpc) is 2.78. The van der Waals surface area contributed by atoms with Crippen molar-refractivity contribution in [3.8, 4) is 0 Å². The normalized spacial score (nSPS) is 13.4. The fraction of sp³-hybridized carbons (Fsp3) is 0.909. The van der Waals surface area contributed by atoms with E-state index in [1.54, 1.807) is 4.57 Å². The van der Waals surface area contributed by atoms with Crippen LogP contribution in [0.2, 0.25) is 0 Å². The van der Waals surface area contributed by atoms with E-state index in [0.29, 0.717) is 35.9 Å². The van der Waals surface area contributed by atoms with E-state index in [0.717, 1.165) is 51.4 Å². The lowest BCUT2D eigenvalue weighted by molar-refractivity contribution is 0.298. The number of rotatable bonds is 18. The van der Waals surface area contributed by atoms with Crippen LogP contribution in [0.5, 0.6) is 0 Å². The summed E-state index contributed by atoms with van der Waals surface area (Å²) in [6, 6.07) is 0. The highest BCUT2D eigenvalue weighted by molar-refractivity contribution is 4.71. The molecule has 39 heavy (non-hydrogen) atoms. The van der Waals surface area contributed by atoms with Crippen molar-refractivity contribution in [1.82, 2.24) is 9.13 Å². The van der Waals surface area contributed by atoms with Gasteiger partial charge in [-0.3, -0.25) is 0 Å².